The number of methoxy groups -OCH3 is 2. The molecule has 1 saturated heterocycles. The zero-order valence-corrected chi connectivity index (χ0v) is 15.5. The molecule has 1 heterocycles. The number of ether oxygens (including phenoxy) is 4. The normalized spacial score (nSPS) is 16.5. The van der Waals surface area contributed by atoms with Gasteiger partial charge in [-0.05, 0) is 36.6 Å². The summed E-state index contributed by atoms with van der Waals surface area (Å²) in [6.45, 7) is 0.805. The Hall–Kier alpha value is -2.25. The van der Waals surface area contributed by atoms with Crippen LogP contribution in [0.1, 0.15) is 18.4 Å². The zero-order chi connectivity index (χ0) is 18.9. The summed E-state index contributed by atoms with van der Waals surface area (Å²) in [6, 6.07) is 3.30. The van der Waals surface area contributed by atoms with E-state index in [9.17, 15) is 9.59 Å². The lowest BCUT2D eigenvalue weighted by atomic mass is 10.2. The van der Waals surface area contributed by atoms with Crippen LogP contribution in [-0.4, -0.2) is 52.0 Å². The maximum Gasteiger partial charge on any atom is 0.331 e. The van der Waals surface area contributed by atoms with Gasteiger partial charge in [0.05, 0.1) is 25.3 Å². The van der Waals surface area contributed by atoms with Gasteiger partial charge in [0.2, 0.25) is 0 Å². The van der Waals surface area contributed by atoms with Gasteiger partial charge in [0.1, 0.15) is 0 Å². The lowest BCUT2D eigenvalue weighted by Gasteiger charge is -2.10. The average Bonchev–Trinajstić information content (AvgIpc) is 3.16. The van der Waals surface area contributed by atoms with Crippen molar-refractivity contribution in [2.45, 2.75) is 18.9 Å². The minimum Gasteiger partial charge on any atom is -0.493 e. The number of halogens is 1. The van der Waals surface area contributed by atoms with E-state index < -0.39 is 5.97 Å². The van der Waals surface area contributed by atoms with Crippen LogP contribution in [0, 0.1) is 0 Å². The number of hydrogen-bond acceptors (Lipinski definition) is 6. The van der Waals surface area contributed by atoms with E-state index >= 15 is 0 Å². The summed E-state index contributed by atoms with van der Waals surface area (Å²) in [5, 5.41) is 3.03. The molecule has 0 radical (unpaired) electrons. The van der Waals surface area contributed by atoms with Crippen LogP contribution in [0.4, 0.5) is 0 Å². The fourth-order valence-corrected chi connectivity index (χ4v) is 2.76. The Morgan fingerprint density at radius 3 is 2.81 bits per heavy atom. The Morgan fingerprint density at radius 2 is 2.15 bits per heavy atom. The number of amides is 1. The lowest BCUT2D eigenvalue weighted by molar-refractivity contribution is -0.143. The summed E-state index contributed by atoms with van der Waals surface area (Å²) >= 11 is 6.10. The molecular weight excluding hydrogens is 362 g/mol. The van der Waals surface area contributed by atoms with Gasteiger partial charge in [0.15, 0.2) is 18.1 Å². The molecule has 2 rings (SSSR count). The molecule has 1 aliphatic heterocycles. The highest BCUT2D eigenvalue weighted by atomic mass is 35.5. The molecule has 0 aromatic heterocycles. The minimum atomic E-state index is -0.636. The molecule has 142 valence electrons. The van der Waals surface area contributed by atoms with Gasteiger partial charge in [-0.2, -0.15) is 0 Å². The van der Waals surface area contributed by atoms with Gasteiger partial charge in [0, 0.05) is 19.2 Å². The van der Waals surface area contributed by atoms with E-state index in [-0.39, 0.29) is 18.6 Å². The highest BCUT2D eigenvalue weighted by Crippen LogP contribution is 2.36. The largest absolute Gasteiger partial charge is 0.493 e. The van der Waals surface area contributed by atoms with E-state index in [0.717, 1.165) is 19.4 Å². The number of benzene rings is 1. The number of hydrogen-bond donors (Lipinski definition) is 1. The van der Waals surface area contributed by atoms with E-state index in [1.807, 2.05) is 0 Å². The predicted molar refractivity (Wildman–Crippen MR) is 96.5 cm³/mol. The predicted octanol–water partition coefficient (Wildman–Crippen LogP) is 2.21. The molecule has 1 atom stereocenters. The van der Waals surface area contributed by atoms with Gasteiger partial charge in [-0.25, -0.2) is 4.79 Å². The van der Waals surface area contributed by atoms with Gasteiger partial charge >= 0.3 is 5.97 Å². The molecule has 1 unspecified atom stereocenters. The van der Waals surface area contributed by atoms with Crippen molar-refractivity contribution in [3.8, 4) is 11.5 Å². The van der Waals surface area contributed by atoms with Crippen LogP contribution in [0.15, 0.2) is 18.2 Å². The van der Waals surface area contributed by atoms with E-state index in [1.54, 1.807) is 12.1 Å². The maximum absolute atomic E-state index is 11.7. The van der Waals surface area contributed by atoms with Crippen LogP contribution in [-0.2, 0) is 19.1 Å². The molecule has 1 aromatic rings. The van der Waals surface area contributed by atoms with Crippen molar-refractivity contribution in [3.05, 3.63) is 28.8 Å². The van der Waals surface area contributed by atoms with Crippen molar-refractivity contribution in [1.82, 2.24) is 5.32 Å². The second kappa shape index (κ2) is 10.0. The molecule has 0 aliphatic carbocycles. The Morgan fingerprint density at radius 1 is 1.35 bits per heavy atom. The molecule has 8 heteroatoms. The van der Waals surface area contributed by atoms with Crippen LogP contribution in [0.3, 0.4) is 0 Å². The number of carbonyl (C=O) groups is 2. The van der Waals surface area contributed by atoms with Crippen LogP contribution >= 0.6 is 11.6 Å². The Labute approximate surface area is 157 Å². The fourth-order valence-electron chi connectivity index (χ4n) is 2.47. The second-order valence-electron chi connectivity index (χ2n) is 5.62. The second-order valence-corrected chi connectivity index (χ2v) is 6.03. The SMILES string of the molecule is COc1cc(C=CC(=O)OCC(=O)NCC2CCCO2)cc(Cl)c1OC. The van der Waals surface area contributed by atoms with Crippen molar-refractivity contribution >= 4 is 29.6 Å². The Kier molecular flexibility index (Phi) is 7.74. The summed E-state index contributed by atoms with van der Waals surface area (Å²) in [4.78, 5) is 23.4. The van der Waals surface area contributed by atoms with Crippen LogP contribution in [0.2, 0.25) is 5.02 Å². The summed E-state index contributed by atoms with van der Waals surface area (Å²) in [5.41, 5.74) is 0.632. The third-order valence-corrected chi connectivity index (χ3v) is 4.04. The first-order chi connectivity index (χ1) is 12.5. The van der Waals surface area contributed by atoms with E-state index in [0.29, 0.717) is 28.6 Å². The molecule has 1 aliphatic rings. The van der Waals surface area contributed by atoms with E-state index in [2.05, 4.69) is 5.32 Å². The number of rotatable bonds is 8. The van der Waals surface area contributed by atoms with Gasteiger partial charge in [-0.3, -0.25) is 4.79 Å². The van der Waals surface area contributed by atoms with Gasteiger partial charge in [-0.1, -0.05) is 11.6 Å². The van der Waals surface area contributed by atoms with Crippen LogP contribution < -0.4 is 14.8 Å². The van der Waals surface area contributed by atoms with Crippen molar-refractivity contribution < 1.29 is 28.5 Å². The third-order valence-electron chi connectivity index (χ3n) is 3.76. The molecule has 0 saturated carbocycles. The molecule has 0 spiro atoms. The quantitative estimate of drug-likeness (QED) is 0.547. The first-order valence-electron chi connectivity index (χ1n) is 8.18. The van der Waals surface area contributed by atoms with Crippen molar-refractivity contribution in [2.75, 3.05) is 34.0 Å². The first kappa shape index (κ1) is 20.1. The molecule has 1 aromatic carbocycles. The molecule has 7 nitrogen and oxygen atoms in total. The topological polar surface area (TPSA) is 83.1 Å². The fraction of sp³-hybridized carbons (Fsp3) is 0.444. The first-order valence-corrected chi connectivity index (χ1v) is 8.56. The van der Waals surface area contributed by atoms with Crippen LogP contribution in [0.5, 0.6) is 11.5 Å². The molecule has 0 bridgehead atoms. The third kappa shape index (κ3) is 5.93. The van der Waals surface area contributed by atoms with Gasteiger partial charge < -0.3 is 24.3 Å². The number of nitrogens with one attached hydrogen (secondary N) is 1. The van der Waals surface area contributed by atoms with Crippen molar-refractivity contribution in [1.29, 1.82) is 0 Å². The smallest absolute Gasteiger partial charge is 0.331 e. The summed E-state index contributed by atoms with van der Waals surface area (Å²) in [6.07, 6.45) is 4.70. The molecule has 1 N–H and O–H groups in total. The monoisotopic (exact) mass is 383 g/mol. The van der Waals surface area contributed by atoms with Crippen molar-refractivity contribution in [2.24, 2.45) is 0 Å². The number of carbonyl (C=O) groups excluding carboxylic acids is 2. The van der Waals surface area contributed by atoms with E-state index in [1.165, 1.54) is 26.4 Å². The summed E-state index contributed by atoms with van der Waals surface area (Å²) < 4.78 is 20.6. The van der Waals surface area contributed by atoms with Crippen LogP contribution in [0.25, 0.3) is 6.08 Å². The molecular formula is C18H22ClNO6. The minimum absolute atomic E-state index is 0.0457. The van der Waals surface area contributed by atoms with Gasteiger partial charge in [-0.15, -0.1) is 0 Å². The Balaban J connectivity index is 1.81. The summed E-state index contributed by atoms with van der Waals surface area (Å²) in [7, 11) is 2.98. The Bertz CT molecular complexity index is 670. The van der Waals surface area contributed by atoms with E-state index in [4.69, 9.17) is 30.5 Å². The number of esters is 1. The van der Waals surface area contributed by atoms with Crippen molar-refractivity contribution in [3.63, 3.8) is 0 Å². The summed E-state index contributed by atoms with van der Waals surface area (Å²) in [5.74, 6) is -0.141. The zero-order valence-electron chi connectivity index (χ0n) is 14.7. The molecule has 1 amide bonds. The molecule has 1 fully saturated rings. The average molecular weight is 384 g/mol. The lowest BCUT2D eigenvalue weighted by Crippen LogP contribution is -2.34. The standard InChI is InChI=1S/C18H22ClNO6/c1-23-15-9-12(8-14(19)18(15)24-2)5-6-17(22)26-11-16(21)20-10-13-4-3-7-25-13/h5-6,8-9,13H,3-4,7,10-11H2,1-2H3,(H,20,21). The highest BCUT2D eigenvalue weighted by molar-refractivity contribution is 6.32. The van der Waals surface area contributed by atoms with Gasteiger partial charge in [0.25, 0.3) is 5.91 Å². The molecule has 26 heavy (non-hydrogen) atoms. The maximum atomic E-state index is 11.7. The highest BCUT2D eigenvalue weighted by Gasteiger charge is 2.16.